The summed E-state index contributed by atoms with van der Waals surface area (Å²) in [6.07, 6.45) is 2.57. The maximum Gasteiger partial charge on any atom is 0.418 e. The molecule has 1 aliphatic carbocycles. The third-order valence-electron chi connectivity index (χ3n) is 5.78. The fourth-order valence-electron chi connectivity index (χ4n) is 4.24. The number of hydroxylamine groups is 3. The van der Waals surface area contributed by atoms with Crippen molar-refractivity contribution in [2.24, 2.45) is 5.41 Å². The van der Waals surface area contributed by atoms with Gasteiger partial charge in [-0.3, -0.25) is 14.2 Å². The molecule has 2 bridgehead atoms. The van der Waals surface area contributed by atoms with Crippen LogP contribution in [-0.4, -0.2) is 72.2 Å². The van der Waals surface area contributed by atoms with Crippen molar-refractivity contribution in [1.82, 2.24) is 20.8 Å². The third-order valence-corrected chi connectivity index (χ3v) is 6.12. The van der Waals surface area contributed by atoms with E-state index in [2.05, 4.69) is 15.1 Å². The number of hydrogen-bond donors (Lipinski definition) is 3. The van der Waals surface area contributed by atoms with Crippen LogP contribution in [0.4, 0.5) is 4.79 Å². The average Bonchev–Trinajstić information content (AvgIpc) is 3.11. The number of amides is 3. The van der Waals surface area contributed by atoms with Crippen LogP contribution in [0.2, 0.25) is 0 Å². The van der Waals surface area contributed by atoms with Gasteiger partial charge in [-0.15, -0.1) is 4.28 Å². The molecule has 1 spiro atoms. The highest BCUT2D eigenvalue weighted by atomic mass is 32.3. The SMILES string of the molecule is CC1CC(ONC(=O)C2CC3(CC3)C3CN2C(=O)N3OS(=O)(=O)O)CN1. The molecule has 0 aromatic heterocycles. The fourth-order valence-corrected chi connectivity index (χ4v) is 4.61. The van der Waals surface area contributed by atoms with Crippen LogP contribution in [0.5, 0.6) is 0 Å². The summed E-state index contributed by atoms with van der Waals surface area (Å²) in [7, 11) is -4.82. The summed E-state index contributed by atoms with van der Waals surface area (Å²) in [6, 6.07) is -1.69. The van der Waals surface area contributed by atoms with E-state index in [1.54, 1.807) is 0 Å². The van der Waals surface area contributed by atoms with Gasteiger partial charge in [0.1, 0.15) is 6.04 Å². The predicted molar refractivity (Wildman–Crippen MR) is 85.5 cm³/mol. The number of carbonyl (C=O) groups is 2. The van der Waals surface area contributed by atoms with Gasteiger partial charge in [-0.1, -0.05) is 0 Å². The van der Waals surface area contributed by atoms with Crippen LogP contribution in [0.15, 0.2) is 0 Å². The molecule has 26 heavy (non-hydrogen) atoms. The second-order valence-electron chi connectivity index (χ2n) is 7.61. The van der Waals surface area contributed by atoms with Crippen LogP contribution in [0, 0.1) is 5.41 Å². The van der Waals surface area contributed by atoms with E-state index in [4.69, 9.17) is 9.39 Å². The molecule has 3 saturated heterocycles. The second kappa shape index (κ2) is 6.02. The lowest BCUT2D eigenvalue weighted by molar-refractivity contribution is -0.144. The van der Waals surface area contributed by atoms with Gasteiger partial charge in [0.05, 0.1) is 12.1 Å². The molecule has 0 aromatic carbocycles. The van der Waals surface area contributed by atoms with E-state index in [-0.39, 0.29) is 18.1 Å². The normalized spacial score (nSPS) is 35.2. The van der Waals surface area contributed by atoms with Crippen LogP contribution in [0.3, 0.4) is 0 Å². The van der Waals surface area contributed by atoms with E-state index in [0.717, 1.165) is 19.3 Å². The second-order valence-corrected chi connectivity index (χ2v) is 8.62. The molecule has 1 saturated carbocycles. The Kier molecular flexibility index (Phi) is 4.15. The van der Waals surface area contributed by atoms with E-state index in [1.807, 2.05) is 6.92 Å². The highest BCUT2D eigenvalue weighted by molar-refractivity contribution is 7.80. The van der Waals surface area contributed by atoms with Crippen LogP contribution >= 0.6 is 0 Å². The molecule has 11 nitrogen and oxygen atoms in total. The number of urea groups is 1. The van der Waals surface area contributed by atoms with Gasteiger partial charge in [0.15, 0.2) is 0 Å². The summed E-state index contributed by atoms with van der Waals surface area (Å²) in [6.45, 7) is 2.83. The molecule has 0 aromatic rings. The smallest absolute Gasteiger partial charge is 0.311 e. The number of piperidine rings is 1. The molecule has 4 atom stereocenters. The molecule has 4 fully saturated rings. The van der Waals surface area contributed by atoms with Gasteiger partial charge in [-0.05, 0) is 38.0 Å². The molecule has 4 unspecified atom stereocenters. The van der Waals surface area contributed by atoms with Crippen molar-refractivity contribution < 1.29 is 31.7 Å². The van der Waals surface area contributed by atoms with Gasteiger partial charge >= 0.3 is 16.4 Å². The zero-order chi connectivity index (χ0) is 18.7. The largest absolute Gasteiger partial charge is 0.418 e. The van der Waals surface area contributed by atoms with Crippen molar-refractivity contribution in [3.05, 3.63) is 0 Å². The Bertz CT molecular complexity index is 725. The fraction of sp³-hybridized carbons (Fsp3) is 0.857. The summed E-state index contributed by atoms with van der Waals surface area (Å²) in [5.74, 6) is -0.434. The van der Waals surface area contributed by atoms with Gasteiger partial charge in [0.2, 0.25) is 0 Å². The maximum absolute atomic E-state index is 12.6. The topological polar surface area (TPSA) is 138 Å². The third kappa shape index (κ3) is 3.16. The van der Waals surface area contributed by atoms with E-state index in [1.165, 1.54) is 4.90 Å². The molecule has 3 aliphatic heterocycles. The molecule has 4 aliphatic rings. The first kappa shape index (κ1) is 17.9. The predicted octanol–water partition coefficient (Wildman–Crippen LogP) is -0.822. The van der Waals surface area contributed by atoms with Crippen molar-refractivity contribution in [2.45, 2.75) is 56.8 Å². The van der Waals surface area contributed by atoms with E-state index in [0.29, 0.717) is 24.1 Å². The van der Waals surface area contributed by atoms with Crippen molar-refractivity contribution in [3.63, 3.8) is 0 Å². The molecule has 3 heterocycles. The number of hydrogen-bond acceptors (Lipinski definition) is 7. The van der Waals surface area contributed by atoms with Gasteiger partial charge in [-0.2, -0.15) is 13.5 Å². The van der Waals surface area contributed by atoms with Gasteiger partial charge in [0, 0.05) is 19.1 Å². The zero-order valence-electron chi connectivity index (χ0n) is 14.3. The lowest BCUT2D eigenvalue weighted by Crippen LogP contribution is -2.53. The van der Waals surface area contributed by atoms with Gasteiger partial charge in [-0.25, -0.2) is 10.3 Å². The summed E-state index contributed by atoms with van der Waals surface area (Å²) in [4.78, 5) is 31.8. The monoisotopic (exact) mass is 390 g/mol. The van der Waals surface area contributed by atoms with E-state index < -0.39 is 34.4 Å². The Morgan fingerprint density at radius 2 is 2.15 bits per heavy atom. The summed E-state index contributed by atoms with van der Waals surface area (Å²) < 4.78 is 35.5. The van der Waals surface area contributed by atoms with Gasteiger partial charge < -0.3 is 10.2 Å². The molecule has 4 rings (SSSR count). The van der Waals surface area contributed by atoms with Crippen LogP contribution in [-0.2, 0) is 24.3 Å². The number of rotatable bonds is 5. The highest BCUT2D eigenvalue weighted by Crippen LogP contribution is 2.59. The van der Waals surface area contributed by atoms with Crippen LogP contribution < -0.4 is 10.8 Å². The standard InChI is InChI=1S/C14H22N4O7S/c1-8-4-9(6-15-8)24-16-12(19)10-5-14(2-3-14)11-7-17(10)13(20)18(11)25-26(21,22)23/h8-11,15H,2-7H2,1H3,(H,16,19)(H,21,22,23). The van der Waals surface area contributed by atoms with Gasteiger partial charge in [0.25, 0.3) is 5.91 Å². The number of nitrogens with zero attached hydrogens (tertiary/aromatic N) is 2. The minimum atomic E-state index is -4.82. The minimum absolute atomic E-state index is 0.131. The number of fused-ring (bicyclic) bond motifs is 3. The molecule has 0 radical (unpaired) electrons. The summed E-state index contributed by atoms with van der Waals surface area (Å²) in [5.41, 5.74) is 2.08. The zero-order valence-corrected chi connectivity index (χ0v) is 15.1. The first-order valence-corrected chi connectivity index (χ1v) is 10.0. The number of carbonyl (C=O) groups excluding carboxylic acids is 2. The minimum Gasteiger partial charge on any atom is -0.311 e. The van der Waals surface area contributed by atoms with Crippen LogP contribution in [0.1, 0.15) is 32.6 Å². The summed E-state index contributed by atoms with van der Waals surface area (Å²) in [5, 5.41) is 3.91. The Labute approximate surface area is 150 Å². The van der Waals surface area contributed by atoms with Crippen molar-refractivity contribution in [1.29, 1.82) is 0 Å². The van der Waals surface area contributed by atoms with Crippen molar-refractivity contribution in [2.75, 3.05) is 13.1 Å². The maximum atomic E-state index is 12.6. The molecular weight excluding hydrogens is 368 g/mol. The first-order chi connectivity index (χ1) is 12.2. The Morgan fingerprint density at radius 1 is 1.42 bits per heavy atom. The number of nitrogens with one attached hydrogen (secondary N) is 2. The van der Waals surface area contributed by atoms with Crippen molar-refractivity contribution in [3.8, 4) is 0 Å². The first-order valence-electron chi connectivity index (χ1n) is 8.64. The van der Waals surface area contributed by atoms with Crippen molar-refractivity contribution >= 4 is 22.3 Å². The Hall–Kier alpha value is -1.47. The highest BCUT2D eigenvalue weighted by Gasteiger charge is 2.65. The lowest BCUT2D eigenvalue weighted by Gasteiger charge is -2.35. The van der Waals surface area contributed by atoms with E-state index >= 15 is 0 Å². The Balaban J connectivity index is 1.45. The molecular formula is C14H22N4O7S. The molecule has 146 valence electrons. The average molecular weight is 390 g/mol. The Morgan fingerprint density at radius 3 is 2.73 bits per heavy atom. The molecule has 3 N–H and O–H groups in total. The lowest BCUT2D eigenvalue weighted by atomic mass is 9.85. The quantitative estimate of drug-likeness (QED) is 0.409. The van der Waals surface area contributed by atoms with Crippen LogP contribution in [0.25, 0.3) is 0 Å². The molecule has 12 heteroatoms. The summed E-state index contributed by atoms with van der Waals surface area (Å²) >= 11 is 0. The van der Waals surface area contributed by atoms with E-state index in [9.17, 15) is 18.0 Å². The molecule has 3 amide bonds.